The highest BCUT2D eigenvalue weighted by molar-refractivity contribution is 7.12. The van der Waals surface area contributed by atoms with Gasteiger partial charge in [-0.25, -0.2) is 0 Å². The third-order valence-electron chi connectivity index (χ3n) is 5.11. The first-order chi connectivity index (χ1) is 13.5. The first-order valence-electron chi connectivity index (χ1n) is 10.5. The third kappa shape index (κ3) is 7.35. The van der Waals surface area contributed by atoms with Gasteiger partial charge in [0, 0.05) is 49.6 Å². The summed E-state index contributed by atoms with van der Waals surface area (Å²) in [5, 5.41) is 6.98. The van der Waals surface area contributed by atoms with Crippen molar-refractivity contribution in [3.63, 3.8) is 0 Å². The minimum Gasteiger partial charge on any atom is -0.379 e. The van der Waals surface area contributed by atoms with Crippen molar-refractivity contribution in [1.29, 1.82) is 0 Å². The molecule has 0 aliphatic carbocycles. The number of aliphatic imine (C=N–C) groups is 1. The first-order valence-corrected chi connectivity index (χ1v) is 11.3. The molecule has 0 amide bonds. The first kappa shape index (κ1) is 23.1. The monoisotopic (exact) mass is 410 g/mol. The van der Waals surface area contributed by atoms with Crippen LogP contribution in [0.15, 0.2) is 17.1 Å². The SMILES string of the molecule is CCOC(CCNC(=NC)NCC(c1ccc(C)s1)N1CCOCC1)C(C)C. The molecule has 7 heteroatoms. The minimum absolute atomic E-state index is 0.283. The fraction of sp³-hybridized carbons (Fsp3) is 0.762. The Hall–Kier alpha value is -1.15. The molecule has 1 saturated heterocycles. The lowest BCUT2D eigenvalue weighted by Crippen LogP contribution is -2.46. The molecular formula is C21H38N4O2S. The number of aryl methyl sites for hydroxylation is 1. The molecular weight excluding hydrogens is 372 g/mol. The van der Waals surface area contributed by atoms with Crippen LogP contribution in [0.5, 0.6) is 0 Å². The molecule has 0 saturated carbocycles. The lowest BCUT2D eigenvalue weighted by atomic mass is 10.0. The molecule has 1 aliphatic heterocycles. The van der Waals surface area contributed by atoms with Crippen LogP contribution >= 0.6 is 11.3 Å². The van der Waals surface area contributed by atoms with Crippen LogP contribution in [0.3, 0.4) is 0 Å². The number of hydrogen-bond donors (Lipinski definition) is 2. The predicted molar refractivity (Wildman–Crippen MR) is 118 cm³/mol. The van der Waals surface area contributed by atoms with E-state index >= 15 is 0 Å². The topological polar surface area (TPSA) is 58.1 Å². The molecule has 0 bridgehead atoms. The molecule has 2 rings (SSSR count). The van der Waals surface area contributed by atoms with Gasteiger partial charge in [-0.15, -0.1) is 11.3 Å². The summed E-state index contributed by atoms with van der Waals surface area (Å²) in [5.41, 5.74) is 0. The molecule has 0 radical (unpaired) electrons. The van der Waals surface area contributed by atoms with E-state index in [-0.39, 0.29) is 6.10 Å². The smallest absolute Gasteiger partial charge is 0.191 e. The molecule has 1 aromatic heterocycles. The molecule has 2 heterocycles. The summed E-state index contributed by atoms with van der Waals surface area (Å²) in [6.07, 6.45) is 1.26. The molecule has 1 aliphatic rings. The van der Waals surface area contributed by atoms with Crippen molar-refractivity contribution in [2.24, 2.45) is 10.9 Å². The summed E-state index contributed by atoms with van der Waals surface area (Å²) in [5.74, 6) is 1.37. The maximum Gasteiger partial charge on any atom is 0.191 e. The van der Waals surface area contributed by atoms with Gasteiger partial charge in [0.2, 0.25) is 0 Å². The highest BCUT2D eigenvalue weighted by atomic mass is 32.1. The number of guanidine groups is 1. The van der Waals surface area contributed by atoms with Gasteiger partial charge in [0.25, 0.3) is 0 Å². The van der Waals surface area contributed by atoms with E-state index in [0.717, 1.165) is 58.4 Å². The number of nitrogens with zero attached hydrogens (tertiary/aromatic N) is 2. The van der Waals surface area contributed by atoms with Crippen LogP contribution < -0.4 is 10.6 Å². The van der Waals surface area contributed by atoms with Gasteiger partial charge >= 0.3 is 0 Å². The Labute approximate surface area is 174 Å². The molecule has 6 nitrogen and oxygen atoms in total. The van der Waals surface area contributed by atoms with Crippen LogP contribution in [0.4, 0.5) is 0 Å². The fourth-order valence-electron chi connectivity index (χ4n) is 3.50. The van der Waals surface area contributed by atoms with Crippen molar-refractivity contribution in [3.05, 3.63) is 21.9 Å². The lowest BCUT2D eigenvalue weighted by Gasteiger charge is -2.34. The van der Waals surface area contributed by atoms with E-state index in [1.165, 1.54) is 9.75 Å². The van der Waals surface area contributed by atoms with Gasteiger partial charge < -0.3 is 20.1 Å². The van der Waals surface area contributed by atoms with Crippen LogP contribution in [-0.4, -0.2) is 70.0 Å². The van der Waals surface area contributed by atoms with E-state index in [0.29, 0.717) is 12.0 Å². The Balaban J connectivity index is 1.89. The number of ether oxygens (including phenoxy) is 2. The van der Waals surface area contributed by atoms with E-state index in [1.807, 2.05) is 18.4 Å². The Morgan fingerprint density at radius 1 is 1.29 bits per heavy atom. The summed E-state index contributed by atoms with van der Waals surface area (Å²) < 4.78 is 11.4. The number of thiophene rings is 1. The van der Waals surface area contributed by atoms with Crippen molar-refractivity contribution in [1.82, 2.24) is 15.5 Å². The van der Waals surface area contributed by atoms with E-state index in [9.17, 15) is 0 Å². The van der Waals surface area contributed by atoms with Crippen LogP contribution in [0.1, 0.15) is 43.0 Å². The van der Waals surface area contributed by atoms with Gasteiger partial charge in [0.05, 0.1) is 25.4 Å². The Kier molecular flexibility index (Phi) is 10.3. The second-order valence-electron chi connectivity index (χ2n) is 7.52. The molecule has 0 aromatic carbocycles. The van der Waals surface area contributed by atoms with Crippen molar-refractivity contribution >= 4 is 17.3 Å². The van der Waals surface area contributed by atoms with Crippen LogP contribution in [0.2, 0.25) is 0 Å². The molecule has 2 atom stereocenters. The Morgan fingerprint density at radius 2 is 2.04 bits per heavy atom. The highest BCUT2D eigenvalue weighted by Crippen LogP contribution is 2.27. The number of morpholine rings is 1. The van der Waals surface area contributed by atoms with Gasteiger partial charge in [-0.05, 0) is 38.3 Å². The molecule has 1 fully saturated rings. The summed E-state index contributed by atoms with van der Waals surface area (Å²) in [6, 6.07) is 4.81. The zero-order valence-electron chi connectivity index (χ0n) is 18.2. The van der Waals surface area contributed by atoms with Crippen LogP contribution in [-0.2, 0) is 9.47 Å². The molecule has 1 aromatic rings. The van der Waals surface area contributed by atoms with Gasteiger partial charge in [-0.3, -0.25) is 9.89 Å². The van der Waals surface area contributed by atoms with E-state index < -0.39 is 0 Å². The average molecular weight is 411 g/mol. The maximum atomic E-state index is 5.84. The Bertz CT molecular complexity index is 585. The fourth-order valence-corrected chi connectivity index (χ4v) is 4.51. The average Bonchev–Trinajstić information content (AvgIpc) is 3.12. The van der Waals surface area contributed by atoms with Gasteiger partial charge in [0.15, 0.2) is 5.96 Å². The molecule has 2 N–H and O–H groups in total. The highest BCUT2D eigenvalue weighted by Gasteiger charge is 2.24. The van der Waals surface area contributed by atoms with Crippen LogP contribution in [0, 0.1) is 12.8 Å². The quantitative estimate of drug-likeness (QED) is 0.459. The standard InChI is InChI=1S/C21H38N4O2S/c1-6-27-19(16(2)3)9-10-23-21(22-5)24-15-18(20-8-7-17(4)28-20)25-11-13-26-14-12-25/h7-8,16,18-19H,6,9-15H2,1-5H3,(H2,22,23,24). The van der Waals surface area contributed by atoms with Crippen molar-refractivity contribution < 1.29 is 9.47 Å². The summed E-state index contributed by atoms with van der Waals surface area (Å²) in [7, 11) is 1.83. The maximum absolute atomic E-state index is 5.84. The normalized spacial score (nSPS) is 18.3. The number of nitrogens with one attached hydrogen (secondary N) is 2. The largest absolute Gasteiger partial charge is 0.379 e. The second kappa shape index (κ2) is 12.4. The summed E-state index contributed by atoms with van der Waals surface area (Å²) in [6.45, 7) is 14.7. The number of rotatable bonds is 10. The number of hydrogen-bond acceptors (Lipinski definition) is 5. The van der Waals surface area contributed by atoms with E-state index in [4.69, 9.17) is 9.47 Å². The van der Waals surface area contributed by atoms with E-state index in [1.54, 1.807) is 0 Å². The predicted octanol–water partition coefficient (Wildman–Crippen LogP) is 3.05. The summed E-state index contributed by atoms with van der Waals surface area (Å²) >= 11 is 1.88. The zero-order valence-corrected chi connectivity index (χ0v) is 19.0. The van der Waals surface area contributed by atoms with Gasteiger partial charge in [-0.1, -0.05) is 13.8 Å². The second-order valence-corrected chi connectivity index (χ2v) is 8.84. The molecule has 0 spiro atoms. The van der Waals surface area contributed by atoms with Gasteiger partial charge in [-0.2, -0.15) is 0 Å². The summed E-state index contributed by atoms with van der Waals surface area (Å²) in [4.78, 5) is 9.67. The molecule has 2 unspecified atom stereocenters. The lowest BCUT2D eigenvalue weighted by molar-refractivity contribution is 0.0176. The van der Waals surface area contributed by atoms with Crippen molar-refractivity contribution in [2.45, 2.75) is 46.3 Å². The molecule has 28 heavy (non-hydrogen) atoms. The molecule has 160 valence electrons. The van der Waals surface area contributed by atoms with Crippen LogP contribution in [0.25, 0.3) is 0 Å². The zero-order chi connectivity index (χ0) is 20.4. The Morgan fingerprint density at radius 3 is 2.61 bits per heavy atom. The van der Waals surface area contributed by atoms with E-state index in [2.05, 4.69) is 60.4 Å². The third-order valence-corrected chi connectivity index (χ3v) is 6.21. The van der Waals surface area contributed by atoms with Gasteiger partial charge in [0.1, 0.15) is 0 Å². The van der Waals surface area contributed by atoms with Crippen molar-refractivity contribution in [3.8, 4) is 0 Å². The minimum atomic E-state index is 0.283. The van der Waals surface area contributed by atoms with Crippen molar-refractivity contribution in [2.75, 3.05) is 53.0 Å².